The second kappa shape index (κ2) is 6.49. The van der Waals surface area contributed by atoms with Crippen LogP contribution in [0.15, 0.2) is 30.3 Å². The quantitative estimate of drug-likeness (QED) is 0.904. The lowest BCUT2D eigenvalue weighted by Crippen LogP contribution is -2.09. The molecule has 3 heteroatoms. The first-order chi connectivity index (χ1) is 10.0. The zero-order valence-electron chi connectivity index (χ0n) is 13.1. The average Bonchev–Trinajstić information content (AvgIpc) is 2.74. The second-order valence-corrected chi connectivity index (χ2v) is 6.05. The molecule has 0 radical (unpaired) electrons. The van der Waals surface area contributed by atoms with E-state index in [1.807, 2.05) is 0 Å². The van der Waals surface area contributed by atoms with Gasteiger partial charge in [0.25, 0.3) is 0 Å². The minimum atomic E-state index is 0.623. The number of benzene rings is 1. The Kier molecular flexibility index (Phi) is 4.70. The molecule has 0 aliphatic carbocycles. The molecule has 110 valence electrons. The monoisotopic (exact) mass is 281 g/mol. The Morgan fingerprint density at radius 3 is 2.48 bits per heavy atom. The number of nitrogens with two attached hydrogens (primary N) is 1. The van der Waals surface area contributed by atoms with Gasteiger partial charge in [0.1, 0.15) is 11.8 Å². The van der Waals surface area contributed by atoms with Crippen molar-refractivity contribution in [2.75, 3.05) is 5.73 Å². The van der Waals surface area contributed by atoms with Crippen LogP contribution in [0.25, 0.3) is 0 Å². The molecule has 2 aromatic rings. The molecule has 0 saturated heterocycles. The zero-order valence-corrected chi connectivity index (χ0v) is 13.1. The van der Waals surface area contributed by atoms with Crippen molar-refractivity contribution >= 4 is 5.69 Å². The number of nitrogens with zero attached hydrogens (tertiary/aromatic N) is 2. The first kappa shape index (κ1) is 15.2. The minimum absolute atomic E-state index is 0.623. The van der Waals surface area contributed by atoms with Gasteiger partial charge in [-0.2, -0.15) is 5.26 Å². The van der Waals surface area contributed by atoms with E-state index in [2.05, 4.69) is 55.7 Å². The molecule has 0 amide bonds. The lowest BCUT2D eigenvalue weighted by atomic mass is 10.1. The Balaban J connectivity index is 2.31. The SMILES string of the molecule is Cc1ccc(Cn2c(C#N)cc(N)c2CCC(C)C)cc1. The van der Waals surface area contributed by atoms with Gasteiger partial charge >= 0.3 is 0 Å². The molecule has 2 rings (SSSR count). The lowest BCUT2D eigenvalue weighted by molar-refractivity contribution is 0.568. The second-order valence-electron chi connectivity index (χ2n) is 6.05. The molecule has 0 aliphatic rings. The Bertz CT molecular complexity index is 642. The van der Waals surface area contributed by atoms with E-state index in [1.54, 1.807) is 6.07 Å². The third-order valence-corrected chi connectivity index (χ3v) is 3.78. The highest BCUT2D eigenvalue weighted by Crippen LogP contribution is 2.23. The molecule has 1 aromatic carbocycles. The summed E-state index contributed by atoms with van der Waals surface area (Å²) in [4.78, 5) is 0. The van der Waals surface area contributed by atoms with E-state index in [4.69, 9.17) is 5.73 Å². The molecule has 0 unspecified atom stereocenters. The molecule has 0 atom stereocenters. The van der Waals surface area contributed by atoms with Crippen LogP contribution in [0.5, 0.6) is 0 Å². The summed E-state index contributed by atoms with van der Waals surface area (Å²) in [7, 11) is 0. The van der Waals surface area contributed by atoms with Gasteiger partial charge in [0.2, 0.25) is 0 Å². The number of aryl methyl sites for hydroxylation is 1. The van der Waals surface area contributed by atoms with Gasteiger partial charge in [0.05, 0.1) is 5.69 Å². The molecule has 2 N–H and O–H groups in total. The molecule has 0 spiro atoms. The maximum atomic E-state index is 9.33. The highest BCUT2D eigenvalue weighted by atomic mass is 15.0. The van der Waals surface area contributed by atoms with E-state index in [1.165, 1.54) is 11.1 Å². The Hall–Kier alpha value is -2.21. The van der Waals surface area contributed by atoms with Gasteiger partial charge in [0, 0.05) is 12.2 Å². The summed E-state index contributed by atoms with van der Waals surface area (Å²) in [6.07, 6.45) is 1.99. The van der Waals surface area contributed by atoms with E-state index in [-0.39, 0.29) is 0 Å². The van der Waals surface area contributed by atoms with E-state index in [0.29, 0.717) is 18.2 Å². The van der Waals surface area contributed by atoms with E-state index < -0.39 is 0 Å². The summed E-state index contributed by atoms with van der Waals surface area (Å²) in [5.74, 6) is 0.623. The molecule has 3 nitrogen and oxygen atoms in total. The van der Waals surface area contributed by atoms with Crippen LogP contribution in [0, 0.1) is 24.2 Å². The first-order valence-corrected chi connectivity index (χ1v) is 7.44. The third kappa shape index (κ3) is 3.66. The van der Waals surface area contributed by atoms with Crippen molar-refractivity contribution in [2.45, 2.75) is 40.2 Å². The zero-order chi connectivity index (χ0) is 15.4. The summed E-state index contributed by atoms with van der Waals surface area (Å²) in [6.45, 7) is 7.18. The van der Waals surface area contributed by atoms with Crippen molar-refractivity contribution in [3.8, 4) is 6.07 Å². The minimum Gasteiger partial charge on any atom is -0.397 e. The fourth-order valence-corrected chi connectivity index (χ4v) is 2.46. The molecule has 1 aromatic heterocycles. The highest BCUT2D eigenvalue weighted by molar-refractivity contribution is 5.51. The van der Waals surface area contributed by atoms with Crippen LogP contribution in [0.4, 0.5) is 5.69 Å². The molecular weight excluding hydrogens is 258 g/mol. The van der Waals surface area contributed by atoms with Gasteiger partial charge in [-0.1, -0.05) is 43.7 Å². The van der Waals surface area contributed by atoms with E-state index in [0.717, 1.165) is 24.2 Å². The molecule has 0 aliphatic heterocycles. The molecule has 0 fully saturated rings. The number of nitriles is 1. The predicted octanol–water partition coefficient (Wildman–Crippen LogP) is 3.89. The molecule has 21 heavy (non-hydrogen) atoms. The van der Waals surface area contributed by atoms with E-state index >= 15 is 0 Å². The summed E-state index contributed by atoms with van der Waals surface area (Å²) >= 11 is 0. The maximum absolute atomic E-state index is 9.33. The van der Waals surface area contributed by atoms with Crippen LogP contribution in [0.3, 0.4) is 0 Å². The van der Waals surface area contributed by atoms with Crippen LogP contribution in [0.2, 0.25) is 0 Å². The number of rotatable bonds is 5. The summed E-state index contributed by atoms with van der Waals surface area (Å²) < 4.78 is 2.06. The van der Waals surface area contributed by atoms with Gasteiger partial charge < -0.3 is 10.3 Å². The average molecular weight is 281 g/mol. The number of nitrogen functional groups attached to an aromatic ring is 1. The number of aromatic nitrogens is 1. The van der Waals surface area contributed by atoms with Crippen molar-refractivity contribution in [3.63, 3.8) is 0 Å². The fourth-order valence-electron chi connectivity index (χ4n) is 2.46. The van der Waals surface area contributed by atoms with Gasteiger partial charge in [0.15, 0.2) is 0 Å². The van der Waals surface area contributed by atoms with Crippen LogP contribution in [0.1, 0.15) is 42.8 Å². The smallest absolute Gasteiger partial charge is 0.122 e. The number of hydrogen-bond donors (Lipinski definition) is 1. The summed E-state index contributed by atoms with van der Waals surface area (Å²) in [6, 6.07) is 12.5. The predicted molar refractivity (Wildman–Crippen MR) is 87.0 cm³/mol. The number of hydrogen-bond acceptors (Lipinski definition) is 2. The van der Waals surface area contributed by atoms with E-state index in [9.17, 15) is 5.26 Å². The standard InChI is InChI=1S/C18H23N3/c1-13(2)4-9-18-17(20)10-16(11-19)21(18)12-15-7-5-14(3)6-8-15/h5-8,10,13H,4,9,12,20H2,1-3H3. The van der Waals surface area contributed by atoms with Crippen molar-refractivity contribution < 1.29 is 0 Å². The van der Waals surface area contributed by atoms with Crippen LogP contribution >= 0.6 is 0 Å². The summed E-state index contributed by atoms with van der Waals surface area (Å²) in [5, 5.41) is 9.33. The molecular formula is C18H23N3. The topological polar surface area (TPSA) is 54.7 Å². The summed E-state index contributed by atoms with van der Waals surface area (Å²) in [5.41, 5.74) is 11.0. The van der Waals surface area contributed by atoms with Crippen molar-refractivity contribution in [2.24, 2.45) is 5.92 Å². The lowest BCUT2D eigenvalue weighted by Gasteiger charge is -2.13. The Morgan fingerprint density at radius 1 is 1.24 bits per heavy atom. The highest BCUT2D eigenvalue weighted by Gasteiger charge is 2.13. The van der Waals surface area contributed by atoms with Crippen LogP contribution in [-0.2, 0) is 13.0 Å². The van der Waals surface area contributed by atoms with Crippen LogP contribution in [-0.4, -0.2) is 4.57 Å². The van der Waals surface area contributed by atoms with Gasteiger partial charge in [-0.25, -0.2) is 0 Å². The number of anilines is 1. The third-order valence-electron chi connectivity index (χ3n) is 3.78. The normalized spacial score (nSPS) is 10.8. The van der Waals surface area contributed by atoms with Crippen molar-refractivity contribution in [1.82, 2.24) is 4.57 Å². The molecule has 0 saturated carbocycles. The Labute approximate surface area is 127 Å². The maximum Gasteiger partial charge on any atom is 0.122 e. The largest absolute Gasteiger partial charge is 0.397 e. The van der Waals surface area contributed by atoms with Crippen molar-refractivity contribution in [1.29, 1.82) is 5.26 Å². The molecule has 1 heterocycles. The van der Waals surface area contributed by atoms with Gasteiger partial charge in [-0.3, -0.25) is 0 Å². The van der Waals surface area contributed by atoms with Gasteiger partial charge in [-0.15, -0.1) is 0 Å². The fraction of sp³-hybridized carbons (Fsp3) is 0.389. The molecule has 0 bridgehead atoms. The van der Waals surface area contributed by atoms with Crippen LogP contribution < -0.4 is 5.73 Å². The first-order valence-electron chi connectivity index (χ1n) is 7.44. The van der Waals surface area contributed by atoms with Gasteiger partial charge in [-0.05, 0) is 37.3 Å². The van der Waals surface area contributed by atoms with Crippen molar-refractivity contribution in [3.05, 3.63) is 52.8 Å². The Morgan fingerprint density at radius 2 is 1.90 bits per heavy atom.